The second-order valence-corrected chi connectivity index (χ2v) is 5.76. The molecule has 0 bridgehead atoms. The van der Waals surface area contributed by atoms with Gasteiger partial charge in [0.05, 0.1) is 5.75 Å². The van der Waals surface area contributed by atoms with Crippen LogP contribution in [0.25, 0.3) is 0 Å². The highest BCUT2D eigenvalue weighted by atomic mass is 79.9. The van der Waals surface area contributed by atoms with Crippen molar-refractivity contribution in [3.8, 4) is 0 Å². The van der Waals surface area contributed by atoms with Crippen molar-refractivity contribution in [1.29, 1.82) is 0 Å². The summed E-state index contributed by atoms with van der Waals surface area (Å²) < 4.78 is 24.9. The molecule has 0 saturated heterocycles. The molecule has 3 nitrogen and oxygen atoms in total. The van der Waals surface area contributed by atoms with Gasteiger partial charge in [-0.25, -0.2) is 13.1 Å². The Labute approximate surface area is 83.1 Å². The normalized spacial score (nSPS) is 12.3. The van der Waals surface area contributed by atoms with E-state index in [1.165, 1.54) is 0 Å². The molecular formula is C7H16BrNO2S. The fraction of sp³-hybridized carbons (Fsp3) is 1.00. The van der Waals surface area contributed by atoms with E-state index in [4.69, 9.17) is 0 Å². The van der Waals surface area contributed by atoms with E-state index in [0.29, 0.717) is 6.54 Å². The van der Waals surface area contributed by atoms with Crippen LogP contribution in [0.4, 0.5) is 0 Å². The SMILES string of the molecule is CC(C)CS(=O)(=O)NCCCBr. The molecule has 0 aliphatic carbocycles. The summed E-state index contributed by atoms with van der Waals surface area (Å²) in [5.41, 5.74) is 0. The third kappa shape index (κ3) is 7.06. The summed E-state index contributed by atoms with van der Waals surface area (Å²) in [6.45, 7) is 4.31. The molecule has 0 aliphatic heterocycles. The van der Waals surface area contributed by atoms with Crippen LogP contribution in [0.1, 0.15) is 20.3 Å². The summed E-state index contributed by atoms with van der Waals surface area (Å²) in [5, 5.41) is 0.831. The van der Waals surface area contributed by atoms with E-state index in [-0.39, 0.29) is 11.7 Å². The molecule has 0 aliphatic rings. The first-order valence-corrected chi connectivity index (χ1v) is 6.78. The zero-order valence-corrected chi connectivity index (χ0v) is 9.91. The molecule has 12 heavy (non-hydrogen) atoms. The summed E-state index contributed by atoms with van der Waals surface area (Å²) in [6, 6.07) is 0. The van der Waals surface area contributed by atoms with Crippen LogP contribution >= 0.6 is 15.9 Å². The molecule has 5 heteroatoms. The van der Waals surface area contributed by atoms with Crippen LogP contribution in [0.5, 0.6) is 0 Å². The Hall–Kier alpha value is 0.390. The molecule has 0 heterocycles. The minimum atomic E-state index is -3.02. The first kappa shape index (κ1) is 12.4. The average molecular weight is 258 g/mol. The van der Waals surface area contributed by atoms with E-state index in [1.54, 1.807) is 0 Å². The minimum absolute atomic E-state index is 0.187. The van der Waals surface area contributed by atoms with Gasteiger partial charge in [-0.15, -0.1) is 0 Å². The van der Waals surface area contributed by atoms with Gasteiger partial charge in [-0.3, -0.25) is 0 Å². The molecule has 0 aromatic rings. The van der Waals surface area contributed by atoms with Gasteiger partial charge in [0.25, 0.3) is 0 Å². The van der Waals surface area contributed by atoms with Gasteiger partial charge in [0.1, 0.15) is 0 Å². The minimum Gasteiger partial charge on any atom is -0.215 e. The lowest BCUT2D eigenvalue weighted by atomic mass is 10.3. The number of sulfonamides is 1. The fourth-order valence-corrected chi connectivity index (χ4v) is 2.52. The maximum Gasteiger partial charge on any atom is 0.211 e. The molecule has 0 aromatic carbocycles. The number of hydrogen-bond acceptors (Lipinski definition) is 2. The van der Waals surface area contributed by atoms with Gasteiger partial charge in [0, 0.05) is 11.9 Å². The van der Waals surface area contributed by atoms with E-state index in [1.807, 2.05) is 13.8 Å². The van der Waals surface area contributed by atoms with E-state index < -0.39 is 10.0 Å². The van der Waals surface area contributed by atoms with E-state index >= 15 is 0 Å². The Bertz CT molecular complexity index is 201. The monoisotopic (exact) mass is 257 g/mol. The standard InChI is InChI=1S/C7H16BrNO2S/c1-7(2)6-12(10,11)9-5-3-4-8/h7,9H,3-6H2,1-2H3. The van der Waals surface area contributed by atoms with Gasteiger partial charge in [-0.2, -0.15) is 0 Å². The van der Waals surface area contributed by atoms with Crippen molar-refractivity contribution in [2.24, 2.45) is 5.92 Å². The smallest absolute Gasteiger partial charge is 0.211 e. The zero-order chi connectivity index (χ0) is 9.61. The average Bonchev–Trinajstić information content (AvgIpc) is 1.84. The molecule has 1 N–H and O–H groups in total. The lowest BCUT2D eigenvalue weighted by Crippen LogP contribution is -2.29. The van der Waals surface area contributed by atoms with E-state index in [9.17, 15) is 8.42 Å². The Balaban J connectivity index is 3.73. The molecule has 0 atom stereocenters. The van der Waals surface area contributed by atoms with Gasteiger partial charge in [0.15, 0.2) is 0 Å². The molecule has 0 fully saturated rings. The predicted molar refractivity (Wildman–Crippen MR) is 55.0 cm³/mol. The Morgan fingerprint density at radius 3 is 2.42 bits per heavy atom. The summed E-state index contributed by atoms with van der Waals surface area (Å²) in [5.74, 6) is 0.404. The Morgan fingerprint density at radius 1 is 1.42 bits per heavy atom. The van der Waals surface area contributed by atoms with Crippen LogP contribution in [0.2, 0.25) is 0 Å². The van der Waals surface area contributed by atoms with Crippen LogP contribution in [-0.2, 0) is 10.0 Å². The maximum absolute atomic E-state index is 11.2. The topological polar surface area (TPSA) is 46.2 Å². The lowest BCUT2D eigenvalue weighted by molar-refractivity contribution is 0.568. The van der Waals surface area contributed by atoms with E-state index in [2.05, 4.69) is 20.7 Å². The third-order valence-corrected chi connectivity index (χ3v) is 3.50. The summed E-state index contributed by atoms with van der Waals surface area (Å²) in [6.07, 6.45) is 0.831. The van der Waals surface area contributed by atoms with Crippen molar-refractivity contribution in [2.45, 2.75) is 20.3 Å². The molecule has 0 saturated carbocycles. The molecule has 0 unspecified atom stereocenters. The lowest BCUT2D eigenvalue weighted by Gasteiger charge is -2.07. The number of rotatable bonds is 6. The molecule has 0 rings (SSSR count). The van der Waals surface area contributed by atoms with Crippen LogP contribution in [-0.4, -0.2) is 26.0 Å². The zero-order valence-electron chi connectivity index (χ0n) is 7.51. The summed E-state index contributed by atoms with van der Waals surface area (Å²) in [7, 11) is -3.02. The number of halogens is 1. The fourth-order valence-electron chi connectivity index (χ4n) is 0.792. The summed E-state index contributed by atoms with van der Waals surface area (Å²) in [4.78, 5) is 0. The number of alkyl halides is 1. The maximum atomic E-state index is 11.2. The number of hydrogen-bond donors (Lipinski definition) is 1. The molecule has 74 valence electrons. The van der Waals surface area contributed by atoms with Crippen molar-refractivity contribution in [2.75, 3.05) is 17.6 Å². The quantitative estimate of drug-likeness (QED) is 0.577. The summed E-state index contributed by atoms with van der Waals surface area (Å²) >= 11 is 3.23. The van der Waals surface area contributed by atoms with Crippen molar-refractivity contribution in [1.82, 2.24) is 4.72 Å². The van der Waals surface area contributed by atoms with Crippen molar-refractivity contribution in [3.63, 3.8) is 0 Å². The number of nitrogens with one attached hydrogen (secondary N) is 1. The van der Waals surface area contributed by atoms with Crippen LogP contribution < -0.4 is 4.72 Å². The first-order valence-electron chi connectivity index (χ1n) is 4.01. The predicted octanol–water partition coefficient (Wildman–Crippen LogP) is 1.35. The van der Waals surface area contributed by atoms with Gasteiger partial charge in [-0.05, 0) is 12.3 Å². The van der Waals surface area contributed by atoms with Crippen molar-refractivity contribution in [3.05, 3.63) is 0 Å². The second-order valence-electron chi connectivity index (χ2n) is 3.11. The highest BCUT2D eigenvalue weighted by molar-refractivity contribution is 9.09. The molecule has 0 radical (unpaired) electrons. The van der Waals surface area contributed by atoms with Crippen LogP contribution in [0, 0.1) is 5.92 Å². The largest absolute Gasteiger partial charge is 0.215 e. The van der Waals surface area contributed by atoms with Gasteiger partial charge < -0.3 is 0 Å². The Morgan fingerprint density at radius 2 is 2.00 bits per heavy atom. The second kappa shape index (κ2) is 5.94. The van der Waals surface area contributed by atoms with Crippen molar-refractivity contribution >= 4 is 26.0 Å². The van der Waals surface area contributed by atoms with E-state index in [0.717, 1.165) is 11.8 Å². The highest BCUT2D eigenvalue weighted by Crippen LogP contribution is 1.97. The highest BCUT2D eigenvalue weighted by Gasteiger charge is 2.10. The third-order valence-electron chi connectivity index (χ3n) is 1.19. The molecular weight excluding hydrogens is 242 g/mol. The van der Waals surface area contributed by atoms with Crippen LogP contribution in [0.3, 0.4) is 0 Å². The van der Waals surface area contributed by atoms with Gasteiger partial charge in [0.2, 0.25) is 10.0 Å². The first-order chi connectivity index (χ1) is 5.48. The molecule has 0 spiro atoms. The van der Waals surface area contributed by atoms with Crippen LogP contribution in [0.15, 0.2) is 0 Å². The molecule has 0 aromatic heterocycles. The van der Waals surface area contributed by atoms with Crippen molar-refractivity contribution < 1.29 is 8.42 Å². The van der Waals surface area contributed by atoms with Gasteiger partial charge >= 0.3 is 0 Å². The Kier molecular flexibility index (Phi) is 6.13. The molecule has 0 amide bonds. The van der Waals surface area contributed by atoms with Gasteiger partial charge in [-0.1, -0.05) is 29.8 Å².